The van der Waals surface area contributed by atoms with Crippen LogP contribution in [0.1, 0.15) is 31.2 Å². The van der Waals surface area contributed by atoms with E-state index in [0.29, 0.717) is 0 Å². The summed E-state index contributed by atoms with van der Waals surface area (Å²) in [6, 6.07) is 3.25. The number of hydrogen-bond acceptors (Lipinski definition) is 3. The summed E-state index contributed by atoms with van der Waals surface area (Å²) in [5.74, 6) is 0. The molecular weight excluding hydrogens is 218 g/mol. The summed E-state index contributed by atoms with van der Waals surface area (Å²) in [6.45, 7) is 2.75. The number of aromatic nitrogens is 3. The molecule has 1 atom stereocenters. The Hall–Kier alpha value is -1.62. The first-order valence-corrected chi connectivity index (χ1v) is 5.95. The van der Waals surface area contributed by atoms with Crippen molar-refractivity contribution in [2.45, 2.75) is 32.4 Å². The van der Waals surface area contributed by atoms with Crippen molar-refractivity contribution in [3.8, 4) is 0 Å². The van der Waals surface area contributed by atoms with E-state index in [1.54, 1.807) is 6.07 Å². The first kappa shape index (κ1) is 10.5. The number of H-pyrrole nitrogens is 1. The molecule has 17 heavy (non-hydrogen) atoms. The molecule has 1 N–H and O–H groups in total. The number of aromatic amines is 1. The van der Waals surface area contributed by atoms with Crippen LogP contribution in [0.5, 0.6) is 0 Å². The molecule has 2 aromatic rings. The molecule has 3 rings (SSSR count). The summed E-state index contributed by atoms with van der Waals surface area (Å²) >= 11 is 0. The van der Waals surface area contributed by atoms with Crippen molar-refractivity contribution in [2.75, 3.05) is 6.61 Å². The summed E-state index contributed by atoms with van der Waals surface area (Å²) in [4.78, 5) is 14.1. The maximum atomic E-state index is 11.3. The second-order valence-electron chi connectivity index (χ2n) is 4.43. The third-order valence-corrected chi connectivity index (χ3v) is 3.25. The van der Waals surface area contributed by atoms with Crippen molar-refractivity contribution < 1.29 is 4.74 Å². The van der Waals surface area contributed by atoms with E-state index in [2.05, 4.69) is 10.1 Å². The average Bonchev–Trinajstić information content (AvgIpc) is 2.68. The standard InChI is InChI=1S/C12H15N3O2/c1-8-12-9(5-6-10(16)13-12)14-15(8)11-4-2-3-7-17-11/h5-6,11H,2-4,7H2,1H3,(H,13,16). The van der Waals surface area contributed by atoms with Crippen LogP contribution >= 0.6 is 0 Å². The Morgan fingerprint density at radius 1 is 1.47 bits per heavy atom. The molecule has 0 radical (unpaired) electrons. The molecule has 0 aliphatic carbocycles. The monoisotopic (exact) mass is 233 g/mol. The fourth-order valence-corrected chi connectivity index (χ4v) is 2.33. The number of nitrogens with one attached hydrogen (secondary N) is 1. The molecule has 1 unspecified atom stereocenters. The van der Waals surface area contributed by atoms with Crippen molar-refractivity contribution in [3.63, 3.8) is 0 Å². The Labute approximate surface area is 98.4 Å². The van der Waals surface area contributed by atoms with Gasteiger partial charge in [0.1, 0.15) is 5.52 Å². The lowest BCUT2D eigenvalue weighted by molar-refractivity contribution is -0.0402. The Morgan fingerprint density at radius 2 is 2.35 bits per heavy atom. The zero-order valence-electron chi connectivity index (χ0n) is 9.77. The van der Waals surface area contributed by atoms with Gasteiger partial charge in [-0.25, -0.2) is 4.68 Å². The van der Waals surface area contributed by atoms with Gasteiger partial charge in [-0.3, -0.25) is 4.79 Å². The number of fused-ring (bicyclic) bond motifs is 1. The quantitative estimate of drug-likeness (QED) is 0.816. The van der Waals surface area contributed by atoms with E-state index < -0.39 is 0 Å². The van der Waals surface area contributed by atoms with Crippen LogP contribution in [0.25, 0.3) is 11.0 Å². The minimum Gasteiger partial charge on any atom is -0.357 e. The number of rotatable bonds is 1. The lowest BCUT2D eigenvalue weighted by atomic mass is 10.2. The SMILES string of the molecule is Cc1c2[nH]c(=O)ccc2nn1C1CCCCO1. The van der Waals surface area contributed by atoms with Crippen LogP contribution in [0, 0.1) is 6.92 Å². The summed E-state index contributed by atoms with van der Waals surface area (Å²) in [7, 11) is 0. The number of ether oxygens (including phenoxy) is 1. The molecule has 1 fully saturated rings. The molecule has 2 aromatic heterocycles. The molecule has 0 saturated carbocycles. The molecule has 1 aliphatic heterocycles. The van der Waals surface area contributed by atoms with Crippen LogP contribution in [-0.4, -0.2) is 21.4 Å². The lowest BCUT2D eigenvalue weighted by Crippen LogP contribution is -2.20. The van der Waals surface area contributed by atoms with Crippen LogP contribution in [0.15, 0.2) is 16.9 Å². The largest absolute Gasteiger partial charge is 0.357 e. The van der Waals surface area contributed by atoms with Gasteiger partial charge >= 0.3 is 0 Å². The predicted octanol–water partition coefficient (Wildman–Crippen LogP) is 1.73. The number of pyridine rings is 1. The smallest absolute Gasteiger partial charge is 0.248 e. The van der Waals surface area contributed by atoms with E-state index in [0.717, 1.165) is 42.6 Å². The molecule has 0 aromatic carbocycles. The highest BCUT2D eigenvalue weighted by Gasteiger charge is 2.20. The van der Waals surface area contributed by atoms with E-state index in [9.17, 15) is 4.79 Å². The first-order chi connectivity index (χ1) is 8.25. The minimum absolute atomic E-state index is 0.0136. The highest BCUT2D eigenvalue weighted by Crippen LogP contribution is 2.25. The zero-order valence-corrected chi connectivity index (χ0v) is 9.77. The van der Waals surface area contributed by atoms with E-state index in [-0.39, 0.29) is 11.8 Å². The van der Waals surface area contributed by atoms with Gasteiger partial charge < -0.3 is 9.72 Å². The fraction of sp³-hybridized carbons (Fsp3) is 0.500. The molecule has 0 spiro atoms. The molecule has 3 heterocycles. The van der Waals surface area contributed by atoms with Crippen LogP contribution < -0.4 is 5.56 Å². The topological polar surface area (TPSA) is 59.9 Å². The maximum absolute atomic E-state index is 11.3. The minimum atomic E-state index is -0.0929. The maximum Gasteiger partial charge on any atom is 0.248 e. The summed E-state index contributed by atoms with van der Waals surface area (Å²) in [6.07, 6.45) is 3.28. The Kier molecular flexibility index (Phi) is 2.48. The number of hydrogen-bond donors (Lipinski definition) is 1. The van der Waals surface area contributed by atoms with Gasteiger partial charge in [-0.15, -0.1) is 0 Å². The van der Waals surface area contributed by atoms with Crippen molar-refractivity contribution in [2.24, 2.45) is 0 Å². The lowest BCUT2D eigenvalue weighted by Gasteiger charge is -2.23. The normalized spacial score (nSPS) is 20.9. The van der Waals surface area contributed by atoms with Gasteiger partial charge in [0.05, 0.1) is 11.2 Å². The van der Waals surface area contributed by atoms with Gasteiger partial charge in [0.2, 0.25) is 5.56 Å². The molecule has 0 amide bonds. The van der Waals surface area contributed by atoms with E-state index in [1.165, 1.54) is 6.07 Å². The van der Waals surface area contributed by atoms with Crippen molar-refractivity contribution in [3.05, 3.63) is 28.2 Å². The zero-order chi connectivity index (χ0) is 11.8. The molecule has 5 nitrogen and oxygen atoms in total. The fourth-order valence-electron chi connectivity index (χ4n) is 2.33. The molecule has 0 bridgehead atoms. The summed E-state index contributed by atoms with van der Waals surface area (Å²) < 4.78 is 7.60. The van der Waals surface area contributed by atoms with Gasteiger partial charge in [0.25, 0.3) is 0 Å². The summed E-state index contributed by atoms with van der Waals surface area (Å²) in [5, 5.41) is 4.50. The third-order valence-electron chi connectivity index (χ3n) is 3.25. The van der Waals surface area contributed by atoms with Crippen molar-refractivity contribution in [1.29, 1.82) is 0 Å². The second-order valence-corrected chi connectivity index (χ2v) is 4.43. The molecular formula is C12H15N3O2. The Balaban J connectivity index is 2.10. The van der Waals surface area contributed by atoms with E-state index in [1.807, 2.05) is 11.6 Å². The Bertz CT molecular complexity index is 593. The van der Waals surface area contributed by atoms with E-state index in [4.69, 9.17) is 4.74 Å². The summed E-state index contributed by atoms with van der Waals surface area (Å²) in [5.41, 5.74) is 2.50. The highest BCUT2D eigenvalue weighted by atomic mass is 16.5. The molecule has 1 aliphatic rings. The van der Waals surface area contributed by atoms with Crippen molar-refractivity contribution in [1.82, 2.24) is 14.8 Å². The van der Waals surface area contributed by atoms with Gasteiger partial charge in [0.15, 0.2) is 6.23 Å². The number of aryl methyl sites for hydroxylation is 1. The van der Waals surface area contributed by atoms with Gasteiger partial charge in [-0.05, 0) is 32.3 Å². The van der Waals surface area contributed by atoms with E-state index >= 15 is 0 Å². The molecule has 1 saturated heterocycles. The first-order valence-electron chi connectivity index (χ1n) is 5.95. The Morgan fingerprint density at radius 3 is 3.12 bits per heavy atom. The third kappa shape index (κ3) is 1.76. The van der Waals surface area contributed by atoms with Crippen LogP contribution in [0.3, 0.4) is 0 Å². The van der Waals surface area contributed by atoms with Crippen molar-refractivity contribution >= 4 is 11.0 Å². The van der Waals surface area contributed by atoms with Gasteiger partial charge in [0, 0.05) is 12.7 Å². The molecule has 5 heteroatoms. The van der Waals surface area contributed by atoms with Gasteiger partial charge in [-0.1, -0.05) is 0 Å². The van der Waals surface area contributed by atoms with Crippen LogP contribution in [-0.2, 0) is 4.74 Å². The predicted molar refractivity (Wildman–Crippen MR) is 63.9 cm³/mol. The second kappa shape index (κ2) is 4.00. The average molecular weight is 233 g/mol. The van der Waals surface area contributed by atoms with Gasteiger partial charge in [-0.2, -0.15) is 5.10 Å². The van der Waals surface area contributed by atoms with Crippen LogP contribution in [0.2, 0.25) is 0 Å². The van der Waals surface area contributed by atoms with Crippen LogP contribution in [0.4, 0.5) is 0 Å². The molecule has 90 valence electrons. The number of nitrogens with zero attached hydrogens (tertiary/aromatic N) is 2. The highest BCUT2D eigenvalue weighted by molar-refractivity contribution is 5.76.